The van der Waals surface area contributed by atoms with Gasteiger partial charge < -0.3 is 15.4 Å². The van der Waals surface area contributed by atoms with Gasteiger partial charge in [-0.05, 0) is 36.2 Å². The van der Waals surface area contributed by atoms with Crippen LogP contribution in [-0.4, -0.2) is 39.2 Å². The first kappa shape index (κ1) is 22.3. The zero-order chi connectivity index (χ0) is 22.8. The largest absolute Gasteiger partial charge is 0.495 e. The summed E-state index contributed by atoms with van der Waals surface area (Å²) in [6.45, 7) is 5.01. The summed E-state index contributed by atoms with van der Waals surface area (Å²) in [6, 6.07) is 10.5. The number of amidine groups is 1. The first-order valence-electron chi connectivity index (χ1n) is 9.59. The van der Waals surface area contributed by atoms with Gasteiger partial charge in [0.05, 0.1) is 17.7 Å². The Morgan fingerprint density at radius 2 is 1.81 bits per heavy atom. The molecular formula is C21H24N4O5S. The van der Waals surface area contributed by atoms with Crippen molar-refractivity contribution >= 4 is 39.0 Å². The minimum atomic E-state index is -3.70. The first-order chi connectivity index (χ1) is 14.6. The van der Waals surface area contributed by atoms with Crippen LogP contribution in [0.3, 0.4) is 0 Å². The average Bonchev–Trinajstić information content (AvgIpc) is 2.96. The summed E-state index contributed by atoms with van der Waals surface area (Å²) in [5.74, 6) is -0.313. The number of nitrogens with zero attached hydrogens (tertiary/aromatic N) is 1. The van der Waals surface area contributed by atoms with E-state index in [0.29, 0.717) is 22.7 Å². The first-order valence-corrected chi connectivity index (χ1v) is 11.1. The summed E-state index contributed by atoms with van der Waals surface area (Å²) in [5.41, 5.74) is 1.28. The molecule has 2 aromatic rings. The summed E-state index contributed by atoms with van der Waals surface area (Å²) in [5, 5.41) is 5.43. The van der Waals surface area contributed by atoms with Crippen LogP contribution in [0.15, 0.2) is 52.4 Å². The third-order valence-corrected chi connectivity index (χ3v) is 6.01. The second kappa shape index (κ2) is 8.76. The molecule has 2 amide bonds. The number of carbonyl (C=O) groups is 2. The van der Waals surface area contributed by atoms with Gasteiger partial charge in [-0.15, -0.1) is 0 Å². The van der Waals surface area contributed by atoms with Crippen LogP contribution in [0.2, 0.25) is 0 Å². The number of ether oxygens (including phenoxy) is 1. The average molecular weight is 445 g/mol. The van der Waals surface area contributed by atoms with Gasteiger partial charge in [0.15, 0.2) is 0 Å². The molecule has 0 radical (unpaired) electrons. The van der Waals surface area contributed by atoms with Gasteiger partial charge in [-0.1, -0.05) is 26.0 Å². The summed E-state index contributed by atoms with van der Waals surface area (Å²) in [6.07, 6.45) is 0. The maximum Gasteiger partial charge on any atom is 0.263 e. The highest BCUT2D eigenvalue weighted by Gasteiger charge is 2.32. The van der Waals surface area contributed by atoms with E-state index in [1.54, 1.807) is 36.4 Å². The van der Waals surface area contributed by atoms with E-state index >= 15 is 0 Å². The summed E-state index contributed by atoms with van der Waals surface area (Å²) < 4.78 is 32.3. The van der Waals surface area contributed by atoms with Gasteiger partial charge in [0.2, 0.25) is 11.8 Å². The fourth-order valence-electron chi connectivity index (χ4n) is 3.17. The zero-order valence-corrected chi connectivity index (χ0v) is 18.4. The number of fused-ring (bicyclic) bond motifs is 1. The Morgan fingerprint density at radius 1 is 1.10 bits per heavy atom. The molecule has 0 aliphatic carbocycles. The van der Waals surface area contributed by atoms with Crippen LogP contribution in [0.25, 0.3) is 0 Å². The number of hydrogen-bond acceptors (Lipinski definition) is 6. The Bertz CT molecular complexity index is 1160. The third-order valence-electron chi connectivity index (χ3n) is 4.61. The molecule has 9 nitrogen and oxygen atoms in total. The molecule has 1 atom stereocenters. The lowest BCUT2D eigenvalue weighted by atomic mass is 10.0. The van der Waals surface area contributed by atoms with E-state index in [2.05, 4.69) is 20.3 Å². The van der Waals surface area contributed by atoms with Crippen LogP contribution >= 0.6 is 0 Å². The second-order valence-electron chi connectivity index (χ2n) is 7.35. The van der Waals surface area contributed by atoms with Crippen molar-refractivity contribution in [3.8, 4) is 5.75 Å². The Morgan fingerprint density at radius 3 is 2.45 bits per heavy atom. The Labute approximate surface area is 181 Å². The van der Waals surface area contributed by atoms with Crippen LogP contribution in [0.1, 0.15) is 26.3 Å². The molecule has 1 aliphatic rings. The molecule has 0 spiro atoms. The molecule has 0 saturated carbocycles. The van der Waals surface area contributed by atoms with E-state index in [-0.39, 0.29) is 22.6 Å². The molecule has 3 rings (SSSR count). The molecular weight excluding hydrogens is 420 g/mol. The van der Waals surface area contributed by atoms with E-state index in [1.165, 1.54) is 20.1 Å². The zero-order valence-electron chi connectivity index (χ0n) is 17.6. The SMILES string of the molecule is COc1ccc(NC(=O)[C@@H](N=C2NS(=O)(=O)c3ccccc32)C(C)C)cc1NC(C)=O. The molecule has 1 aliphatic heterocycles. The van der Waals surface area contributed by atoms with Crippen LogP contribution in [0.4, 0.5) is 11.4 Å². The highest BCUT2D eigenvalue weighted by atomic mass is 32.2. The molecule has 2 aromatic carbocycles. The number of rotatable bonds is 6. The van der Waals surface area contributed by atoms with E-state index < -0.39 is 22.0 Å². The Hall–Kier alpha value is -3.40. The van der Waals surface area contributed by atoms with Gasteiger partial charge in [-0.25, -0.2) is 8.42 Å². The molecule has 0 saturated heterocycles. The number of anilines is 2. The van der Waals surface area contributed by atoms with Crippen molar-refractivity contribution in [1.29, 1.82) is 0 Å². The highest BCUT2D eigenvalue weighted by Crippen LogP contribution is 2.28. The minimum absolute atomic E-state index is 0.131. The molecule has 0 aromatic heterocycles. The predicted octanol–water partition coefficient (Wildman–Crippen LogP) is 2.36. The van der Waals surface area contributed by atoms with Crippen LogP contribution < -0.4 is 20.1 Å². The normalized spacial score (nSPS) is 16.4. The monoisotopic (exact) mass is 444 g/mol. The number of carbonyl (C=O) groups excluding carboxylic acids is 2. The molecule has 0 unspecified atom stereocenters. The van der Waals surface area contributed by atoms with E-state index in [1.807, 2.05) is 13.8 Å². The van der Waals surface area contributed by atoms with Crippen molar-refractivity contribution in [2.24, 2.45) is 10.9 Å². The number of amides is 2. The van der Waals surface area contributed by atoms with E-state index in [9.17, 15) is 18.0 Å². The maximum absolute atomic E-state index is 13.0. The van der Waals surface area contributed by atoms with E-state index in [4.69, 9.17) is 4.74 Å². The standard InChI is InChI=1S/C21H24N4O5S/c1-12(2)19(24-20-15-7-5-6-8-18(15)31(28,29)25-20)21(27)23-14-9-10-17(30-4)16(11-14)22-13(3)26/h5-12,19H,1-4H3,(H,22,26)(H,23,27)(H,24,25)/t19-/m0/s1. The number of methoxy groups -OCH3 is 1. The Kier molecular flexibility index (Phi) is 6.30. The number of nitrogens with one attached hydrogen (secondary N) is 3. The highest BCUT2D eigenvalue weighted by molar-refractivity contribution is 7.90. The molecule has 1 heterocycles. The fraction of sp³-hybridized carbons (Fsp3) is 0.286. The summed E-state index contributed by atoms with van der Waals surface area (Å²) >= 11 is 0. The molecule has 3 N–H and O–H groups in total. The Balaban J connectivity index is 1.89. The predicted molar refractivity (Wildman–Crippen MR) is 118 cm³/mol. The van der Waals surface area contributed by atoms with Crippen molar-refractivity contribution in [2.75, 3.05) is 17.7 Å². The number of benzene rings is 2. The minimum Gasteiger partial charge on any atom is -0.495 e. The van der Waals surface area contributed by atoms with Crippen molar-refractivity contribution in [3.05, 3.63) is 48.0 Å². The summed E-state index contributed by atoms with van der Waals surface area (Å²) in [4.78, 5) is 29.0. The molecule has 10 heteroatoms. The second-order valence-corrected chi connectivity index (χ2v) is 9.00. The number of sulfonamides is 1. The molecule has 31 heavy (non-hydrogen) atoms. The third kappa shape index (κ3) is 4.85. The smallest absolute Gasteiger partial charge is 0.263 e. The maximum atomic E-state index is 13.0. The van der Waals surface area contributed by atoms with Crippen molar-refractivity contribution in [1.82, 2.24) is 4.72 Å². The quantitative estimate of drug-likeness (QED) is 0.631. The van der Waals surface area contributed by atoms with Gasteiger partial charge in [-0.2, -0.15) is 0 Å². The van der Waals surface area contributed by atoms with Crippen molar-refractivity contribution in [3.63, 3.8) is 0 Å². The summed E-state index contributed by atoms with van der Waals surface area (Å²) in [7, 11) is -2.23. The van der Waals surface area contributed by atoms with Crippen LogP contribution in [0, 0.1) is 5.92 Å². The number of aliphatic imine (C=N–C) groups is 1. The van der Waals surface area contributed by atoms with Crippen molar-refractivity contribution < 1.29 is 22.7 Å². The number of hydrogen-bond donors (Lipinski definition) is 3. The van der Waals surface area contributed by atoms with Crippen LogP contribution in [-0.2, 0) is 19.6 Å². The van der Waals surface area contributed by atoms with E-state index in [0.717, 1.165) is 0 Å². The topological polar surface area (TPSA) is 126 Å². The van der Waals surface area contributed by atoms with Gasteiger partial charge in [0, 0.05) is 18.2 Å². The van der Waals surface area contributed by atoms with Gasteiger partial charge >= 0.3 is 0 Å². The molecule has 0 fully saturated rings. The molecule has 0 bridgehead atoms. The van der Waals surface area contributed by atoms with Gasteiger partial charge in [0.25, 0.3) is 10.0 Å². The van der Waals surface area contributed by atoms with Gasteiger partial charge in [0.1, 0.15) is 17.6 Å². The van der Waals surface area contributed by atoms with Crippen molar-refractivity contribution in [2.45, 2.75) is 31.7 Å². The lowest BCUT2D eigenvalue weighted by Crippen LogP contribution is -2.34. The van der Waals surface area contributed by atoms with Gasteiger partial charge in [-0.3, -0.25) is 19.3 Å². The lowest BCUT2D eigenvalue weighted by Gasteiger charge is -2.18. The lowest BCUT2D eigenvalue weighted by molar-refractivity contribution is -0.118. The fourth-order valence-corrected chi connectivity index (χ4v) is 4.41. The molecule has 164 valence electrons. The van der Waals surface area contributed by atoms with Crippen LogP contribution in [0.5, 0.6) is 5.75 Å².